The summed E-state index contributed by atoms with van der Waals surface area (Å²) in [7, 11) is 0. The van der Waals surface area contributed by atoms with Crippen molar-refractivity contribution in [2.45, 2.75) is 25.9 Å². The van der Waals surface area contributed by atoms with Crippen LogP contribution in [-0.2, 0) is 0 Å². The van der Waals surface area contributed by atoms with Crippen LogP contribution in [0.4, 0.5) is 10.2 Å². The largest absolute Gasteiger partial charge is 0.354 e. The third-order valence-corrected chi connectivity index (χ3v) is 2.58. The molecule has 14 heavy (non-hydrogen) atoms. The van der Waals surface area contributed by atoms with Crippen LogP contribution < -0.4 is 4.90 Å². The van der Waals surface area contributed by atoms with Crippen LogP contribution >= 0.6 is 0 Å². The first-order valence-electron chi connectivity index (χ1n) is 5.07. The molecule has 0 aromatic carbocycles. The average Bonchev–Trinajstić information content (AvgIpc) is 2.19. The van der Waals surface area contributed by atoms with Gasteiger partial charge in [0, 0.05) is 12.7 Å². The van der Waals surface area contributed by atoms with Gasteiger partial charge in [0.25, 0.3) is 0 Å². The van der Waals surface area contributed by atoms with E-state index in [0.717, 1.165) is 24.3 Å². The Morgan fingerprint density at radius 2 is 2.36 bits per heavy atom. The molecule has 0 aliphatic carbocycles. The van der Waals surface area contributed by atoms with E-state index in [0.29, 0.717) is 13.0 Å². The second kappa shape index (κ2) is 3.95. The minimum atomic E-state index is -0.688. The lowest BCUT2D eigenvalue weighted by Crippen LogP contribution is -2.36. The van der Waals surface area contributed by atoms with Crippen molar-refractivity contribution in [3.05, 3.63) is 23.9 Å². The number of rotatable bonds is 1. The molecule has 1 saturated heterocycles. The summed E-state index contributed by atoms with van der Waals surface area (Å²) < 4.78 is 13.1. The van der Waals surface area contributed by atoms with Crippen LogP contribution in [-0.4, -0.2) is 24.2 Å². The van der Waals surface area contributed by atoms with Crippen molar-refractivity contribution in [1.82, 2.24) is 4.98 Å². The van der Waals surface area contributed by atoms with E-state index >= 15 is 0 Å². The van der Waals surface area contributed by atoms with Gasteiger partial charge in [-0.15, -0.1) is 0 Å². The summed E-state index contributed by atoms with van der Waals surface area (Å²) in [6, 6.07) is 3.98. The Morgan fingerprint density at radius 1 is 1.50 bits per heavy atom. The molecule has 1 atom stereocenters. The van der Waals surface area contributed by atoms with Gasteiger partial charge in [-0.3, -0.25) is 0 Å². The molecule has 0 bridgehead atoms. The molecule has 2 heterocycles. The number of hydrogen-bond donors (Lipinski definition) is 0. The van der Waals surface area contributed by atoms with Crippen LogP contribution in [0, 0.1) is 6.92 Å². The number of nitrogens with zero attached hydrogens (tertiary/aromatic N) is 2. The van der Waals surface area contributed by atoms with Crippen molar-refractivity contribution < 1.29 is 4.39 Å². The lowest BCUT2D eigenvalue weighted by molar-refractivity contribution is 0.286. The number of piperidine rings is 1. The highest BCUT2D eigenvalue weighted by Crippen LogP contribution is 2.19. The maximum atomic E-state index is 13.1. The van der Waals surface area contributed by atoms with Gasteiger partial charge in [-0.1, -0.05) is 6.07 Å². The Balaban J connectivity index is 2.10. The van der Waals surface area contributed by atoms with Crippen molar-refractivity contribution in [2.24, 2.45) is 0 Å². The molecule has 1 unspecified atom stereocenters. The van der Waals surface area contributed by atoms with Gasteiger partial charge >= 0.3 is 0 Å². The molecule has 0 radical (unpaired) electrons. The third kappa shape index (κ3) is 2.03. The van der Waals surface area contributed by atoms with Crippen molar-refractivity contribution in [1.29, 1.82) is 0 Å². The van der Waals surface area contributed by atoms with Gasteiger partial charge in [0.2, 0.25) is 0 Å². The topological polar surface area (TPSA) is 16.1 Å². The molecule has 2 rings (SSSR count). The monoisotopic (exact) mass is 194 g/mol. The quantitative estimate of drug-likeness (QED) is 0.682. The van der Waals surface area contributed by atoms with Gasteiger partial charge in [-0.25, -0.2) is 9.37 Å². The predicted octanol–water partition coefficient (Wildman–Crippen LogP) is 2.33. The fraction of sp³-hybridized carbons (Fsp3) is 0.545. The van der Waals surface area contributed by atoms with Gasteiger partial charge in [-0.05, 0) is 31.4 Å². The number of aryl methyl sites for hydroxylation is 1. The molecule has 3 heteroatoms. The van der Waals surface area contributed by atoms with Crippen LogP contribution in [0.5, 0.6) is 0 Å². The lowest BCUT2D eigenvalue weighted by Gasteiger charge is -2.29. The first-order chi connectivity index (χ1) is 6.75. The molecule has 0 saturated carbocycles. The second-order valence-corrected chi connectivity index (χ2v) is 3.88. The maximum absolute atomic E-state index is 13.1. The van der Waals surface area contributed by atoms with E-state index in [-0.39, 0.29) is 0 Å². The Morgan fingerprint density at radius 3 is 3.00 bits per heavy atom. The molecule has 0 spiro atoms. The zero-order chi connectivity index (χ0) is 9.97. The number of aromatic nitrogens is 1. The minimum Gasteiger partial charge on any atom is -0.354 e. The molecule has 0 N–H and O–H groups in total. The highest BCUT2D eigenvalue weighted by atomic mass is 19.1. The lowest BCUT2D eigenvalue weighted by atomic mass is 10.1. The summed E-state index contributed by atoms with van der Waals surface area (Å²) in [5, 5.41) is 0. The van der Waals surface area contributed by atoms with Gasteiger partial charge in [0.05, 0.1) is 6.54 Å². The van der Waals surface area contributed by atoms with Crippen LogP contribution in [0.2, 0.25) is 0 Å². The molecule has 1 aliphatic heterocycles. The zero-order valence-corrected chi connectivity index (χ0v) is 8.41. The van der Waals surface area contributed by atoms with E-state index in [4.69, 9.17) is 0 Å². The number of pyridine rings is 1. The Hall–Kier alpha value is -1.12. The molecule has 1 aliphatic rings. The molecule has 1 aromatic rings. The average molecular weight is 194 g/mol. The van der Waals surface area contributed by atoms with E-state index in [9.17, 15) is 4.39 Å². The van der Waals surface area contributed by atoms with Gasteiger partial charge in [-0.2, -0.15) is 0 Å². The van der Waals surface area contributed by atoms with Gasteiger partial charge in [0.1, 0.15) is 12.0 Å². The Bertz CT molecular complexity index is 297. The third-order valence-electron chi connectivity index (χ3n) is 2.58. The van der Waals surface area contributed by atoms with Gasteiger partial charge < -0.3 is 4.90 Å². The van der Waals surface area contributed by atoms with E-state index in [1.54, 1.807) is 0 Å². The molecule has 0 amide bonds. The summed E-state index contributed by atoms with van der Waals surface area (Å²) in [6.45, 7) is 3.43. The minimum absolute atomic E-state index is 0.496. The van der Waals surface area contributed by atoms with Crippen LogP contribution in [0.25, 0.3) is 0 Å². The molecule has 2 nitrogen and oxygen atoms in total. The van der Waals surface area contributed by atoms with E-state index in [1.165, 1.54) is 0 Å². The van der Waals surface area contributed by atoms with Crippen molar-refractivity contribution in [2.75, 3.05) is 18.0 Å². The SMILES string of the molecule is Cc1ccc(N2CCCC(F)C2)nc1. The second-order valence-electron chi connectivity index (χ2n) is 3.88. The number of halogens is 1. The van der Waals surface area contributed by atoms with Crippen molar-refractivity contribution >= 4 is 5.82 Å². The standard InChI is InChI=1S/C11H15FN2/c1-9-4-5-11(13-7-9)14-6-2-3-10(12)8-14/h4-5,7,10H,2-3,6,8H2,1H3. The summed E-state index contributed by atoms with van der Waals surface area (Å²) in [5.74, 6) is 0.901. The maximum Gasteiger partial charge on any atom is 0.128 e. The molecular weight excluding hydrogens is 179 g/mol. The Kier molecular flexibility index (Phi) is 2.66. The van der Waals surface area contributed by atoms with Crippen LogP contribution in [0.3, 0.4) is 0 Å². The number of hydrogen-bond acceptors (Lipinski definition) is 2. The van der Waals surface area contributed by atoms with E-state index < -0.39 is 6.17 Å². The fourth-order valence-electron chi connectivity index (χ4n) is 1.78. The highest BCUT2D eigenvalue weighted by Gasteiger charge is 2.19. The highest BCUT2D eigenvalue weighted by molar-refractivity contribution is 5.39. The van der Waals surface area contributed by atoms with Crippen molar-refractivity contribution in [3.8, 4) is 0 Å². The van der Waals surface area contributed by atoms with Crippen LogP contribution in [0.15, 0.2) is 18.3 Å². The summed E-state index contributed by atoms with van der Waals surface area (Å²) in [6.07, 6.45) is 2.77. The molecular formula is C11H15FN2. The first kappa shape index (κ1) is 9.44. The number of anilines is 1. The Labute approximate surface area is 83.8 Å². The molecule has 76 valence electrons. The predicted molar refractivity (Wildman–Crippen MR) is 55.3 cm³/mol. The van der Waals surface area contributed by atoms with E-state index in [1.807, 2.05) is 30.2 Å². The zero-order valence-electron chi connectivity index (χ0n) is 8.41. The molecule has 1 fully saturated rings. The smallest absolute Gasteiger partial charge is 0.128 e. The summed E-state index contributed by atoms with van der Waals surface area (Å²) >= 11 is 0. The fourth-order valence-corrected chi connectivity index (χ4v) is 1.78. The molecule has 1 aromatic heterocycles. The van der Waals surface area contributed by atoms with Crippen LogP contribution in [0.1, 0.15) is 18.4 Å². The summed E-state index contributed by atoms with van der Waals surface area (Å²) in [5.41, 5.74) is 1.14. The summed E-state index contributed by atoms with van der Waals surface area (Å²) in [4.78, 5) is 6.32. The van der Waals surface area contributed by atoms with E-state index in [2.05, 4.69) is 4.98 Å². The first-order valence-corrected chi connectivity index (χ1v) is 5.07. The van der Waals surface area contributed by atoms with Gasteiger partial charge in [0.15, 0.2) is 0 Å². The van der Waals surface area contributed by atoms with Crippen molar-refractivity contribution in [3.63, 3.8) is 0 Å². The number of alkyl halides is 1. The normalized spacial score (nSPS) is 22.4.